The molecule has 0 fully saturated rings. The van der Waals surface area contributed by atoms with E-state index >= 15 is 0 Å². The van der Waals surface area contributed by atoms with E-state index in [0.717, 1.165) is 44.7 Å². The Balaban J connectivity index is 0. The zero-order valence-corrected chi connectivity index (χ0v) is 52.0. The molecule has 0 amide bonds. The Hall–Kier alpha value is -1.41. The van der Waals surface area contributed by atoms with E-state index < -0.39 is 0 Å². The molecule has 4 aromatic carbocycles. The molecule has 4 aliphatic carbocycles. The molecule has 2 radical (unpaired) electrons. The second-order valence-corrected chi connectivity index (χ2v) is 22.0. The Bertz CT molecular complexity index is 1890. The van der Waals surface area contributed by atoms with Crippen molar-refractivity contribution >= 4 is 19.0 Å². The molecule has 0 N–H and O–H groups in total. The zero-order valence-electron chi connectivity index (χ0n) is 41.0. The minimum absolute atomic E-state index is 0. The third-order valence-electron chi connectivity index (χ3n) is 10.2. The van der Waals surface area contributed by atoms with Gasteiger partial charge in [-0.15, -0.1) is 24.0 Å². The molecule has 334 valence electrons. The van der Waals surface area contributed by atoms with E-state index in [1.807, 2.05) is 24.3 Å². The van der Waals surface area contributed by atoms with Crippen LogP contribution in [-0.4, -0.2) is 19.0 Å². The zero-order chi connectivity index (χ0) is 43.3. The van der Waals surface area contributed by atoms with Gasteiger partial charge in [0, 0.05) is 70.7 Å². The van der Waals surface area contributed by atoms with Gasteiger partial charge < -0.3 is 24.8 Å². The number of hydrogen-bond acceptors (Lipinski definition) is 0. The second-order valence-electron chi connectivity index (χ2n) is 19.7. The quantitative estimate of drug-likeness (QED) is 0.105. The van der Waals surface area contributed by atoms with E-state index in [0.29, 0.717) is 0 Å². The van der Waals surface area contributed by atoms with Crippen molar-refractivity contribution in [3.63, 3.8) is 0 Å². The van der Waals surface area contributed by atoms with Crippen molar-refractivity contribution in [3.05, 3.63) is 166 Å². The van der Waals surface area contributed by atoms with Crippen LogP contribution in [-0.2, 0) is 86.2 Å². The Morgan fingerprint density at radius 1 is 0.468 bits per heavy atom. The summed E-state index contributed by atoms with van der Waals surface area (Å²) in [4.78, 5) is 0. The molecule has 4 aliphatic rings. The molecule has 6 heteroatoms. The van der Waals surface area contributed by atoms with Gasteiger partial charge in [-0.25, -0.2) is 24.3 Å². The number of halogens is 2. The summed E-state index contributed by atoms with van der Waals surface area (Å²) >= 11 is 0. The van der Waals surface area contributed by atoms with Gasteiger partial charge in [0.05, 0.1) is 0 Å². The summed E-state index contributed by atoms with van der Waals surface area (Å²) in [6, 6.07) is 29.8. The SMILES string of the molecule is CC(C)(C)c1c[c-]c2c(c1)-c1cccc(C(C)(C)C)c1C2.CC(C)(C)c1c[c-]c2c(c1)-c1cccc(C(C)(C)C)c1C2.C[SiH]C.C[SiH]C.[C-]1=CC=CC1.[C-]1=CC=CC1.[Cl-].[Cl-].[Hf].[Hf]. The van der Waals surface area contributed by atoms with Crippen molar-refractivity contribution < 1.29 is 76.5 Å². The first-order valence-electron chi connectivity index (χ1n) is 21.5. The molecule has 0 atom stereocenters. The summed E-state index contributed by atoms with van der Waals surface area (Å²) < 4.78 is 0. The number of rotatable bonds is 0. The van der Waals surface area contributed by atoms with Gasteiger partial charge >= 0.3 is 0 Å². The van der Waals surface area contributed by atoms with E-state index in [1.54, 1.807) is 0 Å². The van der Waals surface area contributed by atoms with Crippen molar-refractivity contribution in [3.8, 4) is 22.3 Å². The van der Waals surface area contributed by atoms with Crippen LogP contribution in [0.2, 0.25) is 26.2 Å². The number of fused-ring (bicyclic) bond motifs is 6. The van der Waals surface area contributed by atoms with Crippen molar-refractivity contribution in [1.82, 2.24) is 0 Å². The summed E-state index contributed by atoms with van der Waals surface area (Å²) in [6.45, 7) is 36.2. The number of hydrogen-bond donors (Lipinski definition) is 0. The molecule has 62 heavy (non-hydrogen) atoms. The molecular weight excluding hydrogens is 1160 g/mol. The van der Waals surface area contributed by atoms with E-state index in [4.69, 9.17) is 0 Å². The fourth-order valence-corrected chi connectivity index (χ4v) is 7.19. The first-order chi connectivity index (χ1) is 27.2. The first kappa shape index (κ1) is 62.7. The van der Waals surface area contributed by atoms with Gasteiger partial charge in [-0.05, 0) is 45.9 Å². The molecule has 0 saturated carbocycles. The predicted octanol–water partition coefficient (Wildman–Crippen LogP) is 8.96. The smallest absolute Gasteiger partial charge is 0.0213 e. The normalized spacial score (nSPS) is 12.9. The largest absolute Gasteiger partial charge is 1.00 e. The standard InChI is InChI=1S/2C21H25.2C5H5.2C2H7Si.2ClH.2Hf/c2*1-20(2,3)15-11-10-14-12-18-16(17(14)13-15)8-7-9-19(18)21(4,5)6;2*1-2-4-5-3-1;2*1-3-2;;;;/h2*7-9,11,13H,12H2,1-6H3;2*1-3H,4H2;2*3H,1-2H3;2*1H;;/q4*-1;;;;;;/p-2. The van der Waals surface area contributed by atoms with E-state index in [-0.39, 0.29) is 98.2 Å². The molecule has 0 bridgehead atoms. The second kappa shape index (κ2) is 28.6. The summed E-state index contributed by atoms with van der Waals surface area (Å²) in [5, 5.41) is 0. The Morgan fingerprint density at radius 3 is 1.02 bits per heavy atom. The molecule has 0 nitrogen and oxygen atoms in total. The summed E-state index contributed by atoms with van der Waals surface area (Å²) in [7, 11) is 1.50. The number of benzene rings is 4. The maximum Gasteiger partial charge on any atom is 0.0213 e. The van der Waals surface area contributed by atoms with Crippen molar-refractivity contribution in [2.24, 2.45) is 0 Å². The van der Waals surface area contributed by atoms with Gasteiger partial charge in [-0.1, -0.05) is 168 Å². The van der Waals surface area contributed by atoms with Gasteiger partial charge in [0.15, 0.2) is 0 Å². The Morgan fingerprint density at radius 2 is 0.790 bits per heavy atom. The van der Waals surface area contributed by atoms with Gasteiger partial charge in [0.25, 0.3) is 0 Å². The topological polar surface area (TPSA) is 0 Å². The van der Waals surface area contributed by atoms with Crippen molar-refractivity contribution in [2.45, 2.75) is 157 Å². The maximum atomic E-state index is 3.55. The van der Waals surface area contributed by atoms with Crippen LogP contribution in [0.1, 0.15) is 140 Å². The maximum absolute atomic E-state index is 3.55. The van der Waals surface area contributed by atoms with Crippen LogP contribution < -0.4 is 24.8 Å². The van der Waals surface area contributed by atoms with E-state index in [9.17, 15) is 0 Å². The van der Waals surface area contributed by atoms with Gasteiger partial charge in [-0.2, -0.15) is 70.8 Å². The molecule has 8 rings (SSSR count). The van der Waals surface area contributed by atoms with Gasteiger partial charge in [-0.3, -0.25) is 12.2 Å². The molecular formula is C56H74Cl2Hf2Si2-6. The summed E-state index contributed by atoms with van der Waals surface area (Å²) in [6.07, 6.45) is 22.1. The predicted molar refractivity (Wildman–Crippen MR) is 263 cm³/mol. The molecule has 0 aromatic heterocycles. The molecule has 0 spiro atoms. The molecule has 0 aliphatic heterocycles. The van der Waals surface area contributed by atoms with Crippen LogP contribution in [0.5, 0.6) is 0 Å². The third kappa shape index (κ3) is 18.5. The van der Waals surface area contributed by atoms with Crippen molar-refractivity contribution in [2.75, 3.05) is 0 Å². The molecule has 0 heterocycles. The fourth-order valence-electron chi connectivity index (χ4n) is 7.19. The third-order valence-corrected chi connectivity index (χ3v) is 10.2. The fraction of sp³-hybridized carbons (Fsp3) is 0.429. The monoisotopic (exact) mass is 1230 g/mol. The van der Waals surface area contributed by atoms with Crippen LogP contribution in [0.15, 0.2) is 97.1 Å². The minimum atomic E-state index is 0. The van der Waals surface area contributed by atoms with Crippen LogP contribution in [0, 0.1) is 24.3 Å². The number of allylic oxidation sites excluding steroid dienone is 8. The molecule has 0 unspecified atom stereocenters. The van der Waals surface area contributed by atoms with Gasteiger partial charge in [0.2, 0.25) is 0 Å². The Labute approximate surface area is 436 Å². The molecule has 0 saturated heterocycles. The van der Waals surface area contributed by atoms with Crippen LogP contribution in [0.4, 0.5) is 0 Å². The summed E-state index contributed by atoms with van der Waals surface area (Å²) in [5.41, 5.74) is 17.8. The summed E-state index contributed by atoms with van der Waals surface area (Å²) in [5.74, 6) is 0. The van der Waals surface area contributed by atoms with Crippen LogP contribution in [0.3, 0.4) is 0 Å². The minimum Gasteiger partial charge on any atom is -1.00 e. The van der Waals surface area contributed by atoms with Crippen LogP contribution in [0.25, 0.3) is 22.3 Å². The molecule has 4 aromatic rings. The van der Waals surface area contributed by atoms with Gasteiger partial charge in [0.1, 0.15) is 0 Å². The first-order valence-corrected chi connectivity index (χ1v) is 26.1. The van der Waals surface area contributed by atoms with E-state index in [2.05, 4.69) is 206 Å². The van der Waals surface area contributed by atoms with E-state index in [1.165, 1.54) is 66.8 Å². The Kier molecular flexibility index (Phi) is 28.9. The average Bonchev–Trinajstić information content (AvgIpc) is 3.98. The average molecular weight is 1230 g/mol. The van der Waals surface area contributed by atoms with Crippen LogP contribution >= 0.6 is 0 Å². The van der Waals surface area contributed by atoms with Crippen molar-refractivity contribution in [1.29, 1.82) is 0 Å².